The first-order valence-corrected chi connectivity index (χ1v) is 9.66. The number of nitrogens with two attached hydrogens (primary N) is 1. The SMILES string of the molecule is CCc1ccc(CN)cc1S(=O)(=O)NCc1cc(Br)cs1. The molecular weight excluding hydrogens is 372 g/mol. The molecule has 114 valence electrons. The Morgan fingerprint density at radius 1 is 1.33 bits per heavy atom. The van der Waals surface area contributed by atoms with Gasteiger partial charge in [-0.1, -0.05) is 19.1 Å². The molecule has 0 radical (unpaired) electrons. The Labute approximate surface area is 137 Å². The first kappa shape index (κ1) is 16.6. The average molecular weight is 389 g/mol. The molecule has 2 rings (SSSR count). The number of hydrogen-bond donors (Lipinski definition) is 2. The molecule has 0 aliphatic carbocycles. The van der Waals surface area contributed by atoms with E-state index in [1.54, 1.807) is 6.07 Å². The van der Waals surface area contributed by atoms with Crippen LogP contribution in [0.3, 0.4) is 0 Å². The lowest BCUT2D eigenvalue weighted by molar-refractivity contribution is 0.580. The molecule has 2 aromatic rings. The van der Waals surface area contributed by atoms with Crippen LogP contribution in [0.4, 0.5) is 0 Å². The smallest absolute Gasteiger partial charge is 0.241 e. The van der Waals surface area contributed by atoms with Crippen molar-refractivity contribution < 1.29 is 8.42 Å². The Hall–Kier alpha value is -0.730. The first-order valence-electron chi connectivity index (χ1n) is 6.50. The van der Waals surface area contributed by atoms with E-state index in [9.17, 15) is 8.42 Å². The number of nitrogens with one attached hydrogen (secondary N) is 1. The van der Waals surface area contributed by atoms with Gasteiger partial charge in [0.05, 0.1) is 4.90 Å². The van der Waals surface area contributed by atoms with Crippen molar-refractivity contribution in [1.29, 1.82) is 0 Å². The van der Waals surface area contributed by atoms with Crippen LogP contribution >= 0.6 is 27.3 Å². The second kappa shape index (κ2) is 7.02. The summed E-state index contributed by atoms with van der Waals surface area (Å²) < 4.78 is 28.6. The fourth-order valence-corrected chi connectivity index (χ4v) is 4.81. The van der Waals surface area contributed by atoms with Gasteiger partial charge in [-0.05, 0) is 45.6 Å². The van der Waals surface area contributed by atoms with Gasteiger partial charge in [0, 0.05) is 27.8 Å². The topological polar surface area (TPSA) is 72.2 Å². The molecule has 7 heteroatoms. The molecule has 0 saturated carbocycles. The third-order valence-corrected chi connectivity index (χ3v) is 6.28. The minimum absolute atomic E-state index is 0.286. The minimum atomic E-state index is -3.54. The minimum Gasteiger partial charge on any atom is -0.326 e. The number of rotatable bonds is 6. The average Bonchev–Trinajstić information content (AvgIpc) is 2.90. The van der Waals surface area contributed by atoms with Crippen LogP contribution in [0.1, 0.15) is 22.9 Å². The third-order valence-electron chi connectivity index (χ3n) is 3.10. The van der Waals surface area contributed by atoms with Gasteiger partial charge >= 0.3 is 0 Å². The highest BCUT2D eigenvalue weighted by Crippen LogP contribution is 2.22. The summed E-state index contributed by atoms with van der Waals surface area (Å²) in [7, 11) is -3.54. The van der Waals surface area contributed by atoms with Gasteiger partial charge in [-0.2, -0.15) is 0 Å². The molecule has 3 N–H and O–H groups in total. The van der Waals surface area contributed by atoms with Crippen LogP contribution in [0.2, 0.25) is 0 Å². The van der Waals surface area contributed by atoms with Crippen molar-refractivity contribution in [1.82, 2.24) is 4.72 Å². The second-order valence-electron chi connectivity index (χ2n) is 4.56. The van der Waals surface area contributed by atoms with E-state index in [-0.39, 0.29) is 6.54 Å². The third kappa shape index (κ3) is 4.14. The maximum atomic E-state index is 12.5. The van der Waals surface area contributed by atoms with Gasteiger partial charge in [-0.3, -0.25) is 0 Å². The Morgan fingerprint density at radius 2 is 2.10 bits per heavy atom. The highest BCUT2D eigenvalue weighted by Gasteiger charge is 2.18. The van der Waals surface area contributed by atoms with E-state index in [2.05, 4.69) is 20.7 Å². The Morgan fingerprint density at radius 3 is 2.67 bits per heavy atom. The molecule has 1 aromatic heterocycles. The maximum Gasteiger partial charge on any atom is 0.241 e. The van der Waals surface area contributed by atoms with E-state index in [0.717, 1.165) is 20.5 Å². The van der Waals surface area contributed by atoms with Crippen molar-refractivity contribution in [2.24, 2.45) is 5.73 Å². The predicted octanol–water partition coefficient (Wildman–Crippen LogP) is 3.01. The summed E-state index contributed by atoms with van der Waals surface area (Å²) in [5.41, 5.74) is 7.21. The summed E-state index contributed by atoms with van der Waals surface area (Å²) in [6, 6.07) is 7.27. The van der Waals surface area contributed by atoms with Gasteiger partial charge < -0.3 is 5.73 Å². The largest absolute Gasteiger partial charge is 0.326 e. The Kier molecular flexibility index (Phi) is 5.56. The number of hydrogen-bond acceptors (Lipinski definition) is 4. The van der Waals surface area contributed by atoms with Crippen molar-refractivity contribution in [3.63, 3.8) is 0 Å². The lowest BCUT2D eigenvalue weighted by Crippen LogP contribution is -2.24. The van der Waals surface area contributed by atoms with Crippen molar-refractivity contribution in [3.8, 4) is 0 Å². The van der Waals surface area contributed by atoms with E-state index in [1.165, 1.54) is 11.3 Å². The molecule has 1 aromatic carbocycles. The first-order chi connectivity index (χ1) is 9.96. The molecule has 0 unspecified atom stereocenters. The van der Waals surface area contributed by atoms with Crippen molar-refractivity contribution in [3.05, 3.63) is 50.1 Å². The van der Waals surface area contributed by atoms with Crippen LogP contribution in [-0.4, -0.2) is 8.42 Å². The summed E-state index contributed by atoms with van der Waals surface area (Å²) >= 11 is 4.87. The van der Waals surface area contributed by atoms with E-state index < -0.39 is 10.0 Å². The fraction of sp³-hybridized carbons (Fsp3) is 0.286. The van der Waals surface area contributed by atoms with Crippen LogP contribution < -0.4 is 10.5 Å². The zero-order valence-electron chi connectivity index (χ0n) is 11.6. The predicted molar refractivity (Wildman–Crippen MR) is 89.8 cm³/mol. The fourth-order valence-electron chi connectivity index (χ4n) is 1.96. The number of halogens is 1. The molecule has 0 aliphatic heterocycles. The van der Waals surface area contributed by atoms with Gasteiger partial charge in [0.2, 0.25) is 10.0 Å². The van der Waals surface area contributed by atoms with Crippen molar-refractivity contribution in [2.75, 3.05) is 0 Å². The van der Waals surface area contributed by atoms with E-state index >= 15 is 0 Å². The molecule has 0 atom stereocenters. The molecule has 0 bridgehead atoms. The van der Waals surface area contributed by atoms with Crippen LogP contribution in [0, 0.1) is 0 Å². The molecular formula is C14H17BrN2O2S2. The normalized spacial score (nSPS) is 11.8. The number of sulfonamides is 1. The molecule has 4 nitrogen and oxygen atoms in total. The summed E-state index contributed by atoms with van der Waals surface area (Å²) in [6.45, 7) is 2.55. The van der Waals surface area contributed by atoms with Crippen LogP contribution in [0.25, 0.3) is 0 Å². The monoisotopic (exact) mass is 388 g/mol. The van der Waals surface area contributed by atoms with Crippen molar-refractivity contribution >= 4 is 37.3 Å². The van der Waals surface area contributed by atoms with Crippen LogP contribution in [0.15, 0.2) is 39.0 Å². The second-order valence-corrected chi connectivity index (χ2v) is 8.20. The lowest BCUT2D eigenvalue weighted by atomic mass is 10.1. The molecule has 0 amide bonds. The van der Waals surface area contributed by atoms with Gasteiger partial charge in [0.15, 0.2) is 0 Å². The summed E-state index contributed by atoms with van der Waals surface area (Å²) in [6.07, 6.45) is 0.658. The molecule has 0 fully saturated rings. The van der Waals surface area contributed by atoms with Gasteiger partial charge in [-0.15, -0.1) is 11.3 Å². The zero-order valence-corrected chi connectivity index (χ0v) is 14.8. The quantitative estimate of drug-likeness (QED) is 0.798. The molecule has 0 spiro atoms. The molecule has 21 heavy (non-hydrogen) atoms. The van der Waals surface area contributed by atoms with Gasteiger partial charge in [0.1, 0.15) is 0 Å². The number of benzene rings is 1. The number of thiophene rings is 1. The van der Waals surface area contributed by atoms with Crippen LogP contribution in [-0.2, 0) is 29.5 Å². The Bertz CT molecular complexity index is 726. The standard InChI is InChI=1S/C14H17BrN2O2S2/c1-2-11-4-3-10(7-16)5-14(11)21(18,19)17-8-13-6-12(15)9-20-13/h3-6,9,17H,2,7-8,16H2,1H3. The summed E-state index contributed by atoms with van der Waals surface area (Å²) in [5, 5.41) is 1.93. The molecule has 1 heterocycles. The van der Waals surface area contributed by atoms with Gasteiger partial charge in [0.25, 0.3) is 0 Å². The van der Waals surface area contributed by atoms with Gasteiger partial charge in [-0.25, -0.2) is 13.1 Å². The van der Waals surface area contributed by atoms with Crippen molar-refractivity contribution in [2.45, 2.75) is 31.3 Å². The van der Waals surface area contributed by atoms with E-state index in [4.69, 9.17) is 5.73 Å². The molecule has 0 saturated heterocycles. The highest BCUT2D eigenvalue weighted by molar-refractivity contribution is 9.10. The zero-order chi connectivity index (χ0) is 15.5. The summed E-state index contributed by atoms with van der Waals surface area (Å²) in [4.78, 5) is 1.28. The highest BCUT2D eigenvalue weighted by atomic mass is 79.9. The van der Waals surface area contributed by atoms with Crippen LogP contribution in [0.5, 0.6) is 0 Å². The van der Waals surface area contributed by atoms with E-state index in [0.29, 0.717) is 17.9 Å². The summed E-state index contributed by atoms with van der Waals surface area (Å²) in [5.74, 6) is 0. The number of aryl methyl sites for hydroxylation is 1. The molecule has 0 aliphatic rings. The lowest BCUT2D eigenvalue weighted by Gasteiger charge is -2.11. The maximum absolute atomic E-state index is 12.5. The Balaban J connectivity index is 2.26. The van der Waals surface area contributed by atoms with E-state index in [1.807, 2.05) is 30.5 Å².